The second kappa shape index (κ2) is 6.59. The van der Waals surface area contributed by atoms with Gasteiger partial charge in [0.25, 0.3) is 0 Å². The first kappa shape index (κ1) is 14.5. The molecule has 2 aromatic carbocycles. The number of rotatable bonds is 4. The predicted molar refractivity (Wildman–Crippen MR) is 96.4 cm³/mol. The van der Waals surface area contributed by atoms with Gasteiger partial charge in [0.2, 0.25) is 0 Å². The van der Waals surface area contributed by atoms with Gasteiger partial charge in [-0.1, -0.05) is 48.5 Å². The summed E-state index contributed by atoms with van der Waals surface area (Å²) < 4.78 is 0. The van der Waals surface area contributed by atoms with E-state index in [1.54, 1.807) is 0 Å². The number of benzene rings is 2. The number of fused-ring (bicyclic) bond motifs is 1. The van der Waals surface area contributed by atoms with Crippen LogP contribution in [0.2, 0.25) is 0 Å². The zero-order chi connectivity index (χ0) is 15.5. The van der Waals surface area contributed by atoms with Crippen molar-refractivity contribution in [2.24, 2.45) is 5.92 Å². The van der Waals surface area contributed by atoms with E-state index in [2.05, 4.69) is 70.5 Å². The van der Waals surface area contributed by atoms with Crippen LogP contribution in [-0.2, 0) is 13.0 Å². The van der Waals surface area contributed by atoms with E-state index < -0.39 is 0 Å². The number of H-pyrrole nitrogens is 1. The summed E-state index contributed by atoms with van der Waals surface area (Å²) in [5.74, 6) is 0.815. The lowest BCUT2D eigenvalue weighted by Crippen LogP contribution is -2.33. The average Bonchev–Trinajstić information content (AvgIpc) is 3.00. The summed E-state index contributed by atoms with van der Waals surface area (Å²) in [5.41, 5.74) is 4.10. The fourth-order valence-corrected chi connectivity index (χ4v) is 3.74. The van der Waals surface area contributed by atoms with Crippen molar-refractivity contribution in [2.45, 2.75) is 25.8 Å². The molecule has 3 aromatic rings. The topological polar surface area (TPSA) is 19.0 Å². The highest BCUT2D eigenvalue weighted by molar-refractivity contribution is 5.80. The van der Waals surface area contributed by atoms with Crippen LogP contribution in [0.4, 0.5) is 0 Å². The molecule has 0 aliphatic carbocycles. The van der Waals surface area contributed by atoms with Crippen LogP contribution in [0.3, 0.4) is 0 Å². The molecule has 1 aromatic heterocycles. The molecule has 0 radical (unpaired) electrons. The molecule has 0 saturated carbocycles. The summed E-state index contributed by atoms with van der Waals surface area (Å²) in [6.45, 7) is 3.54. The molecule has 0 spiro atoms. The van der Waals surface area contributed by atoms with E-state index in [9.17, 15) is 0 Å². The summed E-state index contributed by atoms with van der Waals surface area (Å²) in [6.07, 6.45) is 3.80. The second-order valence-electron chi connectivity index (χ2n) is 6.79. The first-order valence-corrected chi connectivity index (χ1v) is 8.70. The number of likely N-dealkylation sites (tertiary alicyclic amines) is 1. The molecule has 0 atom stereocenters. The number of aromatic amines is 1. The molecule has 1 aliphatic rings. The van der Waals surface area contributed by atoms with Crippen LogP contribution in [0.5, 0.6) is 0 Å². The Bertz CT molecular complexity index is 719. The third-order valence-electron chi connectivity index (χ3n) is 5.05. The predicted octanol–water partition coefficient (Wildman–Crippen LogP) is 4.62. The molecule has 1 saturated heterocycles. The molecule has 2 heteroatoms. The minimum absolute atomic E-state index is 0.815. The van der Waals surface area contributed by atoms with Crippen LogP contribution in [0.15, 0.2) is 60.7 Å². The first-order chi connectivity index (χ1) is 11.4. The average molecular weight is 304 g/mol. The molecule has 1 N–H and O–H groups in total. The highest BCUT2D eigenvalue weighted by Crippen LogP contribution is 2.24. The van der Waals surface area contributed by atoms with Crippen molar-refractivity contribution >= 4 is 10.9 Å². The van der Waals surface area contributed by atoms with Crippen molar-refractivity contribution in [1.82, 2.24) is 9.88 Å². The van der Waals surface area contributed by atoms with Gasteiger partial charge >= 0.3 is 0 Å². The zero-order valence-electron chi connectivity index (χ0n) is 13.5. The van der Waals surface area contributed by atoms with Gasteiger partial charge in [-0.2, -0.15) is 0 Å². The van der Waals surface area contributed by atoms with Gasteiger partial charge in [-0.25, -0.2) is 0 Å². The molecule has 118 valence electrons. The van der Waals surface area contributed by atoms with Crippen LogP contribution in [0.1, 0.15) is 24.1 Å². The van der Waals surface area contributed by atoms with E-state index in [1.807, 2.05) is 0 Å². The largest absolute Gasteiger partial charge is 0.358 e. The minimum Gasteiger partial charge on any atom is -0.358 e. The Labute approximate surface area is 138 Å². The van der Waals surface area contributed by atoms with Gasteiger partial charge in [0.1, 0.15) is 0 Å². The highest BCUT2D eigenvalue weighted by atomic mass is 15.1. The Morgan fingerprint density at radius 1 is 0.913 bits per heavy atom. The van der Waals surface area contributed by atoms with Crippen molar-refractivity contribution in [3.8, 4) is 0 Å². The third-order valence-corrected chi connectivity index (χ3v) is 5.05. The van der Waals surface area contributed by atoms with E-state index in [4.69, 9.17) is 0 Å². The number of piperidine rings is 1. The maximum absolute atomic E-state index is 3.58. The molecule has 4 rings (SSSR count). The Kier molecular flexibility index (Phi) is 4.16. The maximum atomic E-state index is 3.58. The SMILES string of the molecule is c1ccc(CN2CCC(Cc3cc4ccccc4[nH]3)CC2)cc1. The number of hydrogen-bond donors (Lipinski definition) is 1. The Hall–Kier alpha value is -2.06. The van der Waals surface area contributed by atoms with E-state index in [0.29, 0.717) is 0 Å². The number of aromatic nitrogens is 1. The quantitative estimate of drug-likeness (QED) is 0.745. The number of para-hydroxylation sites is 1. The Morgan fingerprint density at radius 3 is 2.43 bits per heavy atom. The summed E-state index contributed by atoms with van der Waals surface area (Å²) in [6, 6.07) is 21.7. The van der Waals surface area contributed by atoms with Gasteiger partial charge in [0, 0.05) is 17.8 Å². The van der Waals surface area contributed by atoms with Crippen molar-refractivity contribution in [1.29, 1.82) is 0 Å². The summed E-state index contributed by atoms with van der Waals surface area (Å²) >= 11 is 0. The number of hydrogen-bond acceptors (Lipinski definition) is 1. The second-order valence-corrected chi connectivity index (χ2v) is 6.79. The molecule has 0 bridgehead atoms. The van der Waals surface area contributed by atoms with Gasteiger partial charge in [-0.3, -0.25) is 4.90 Å². The van der Waals surface area contributed by atoms with Crippen LogP contribution < -0.4 is 0 Å². The van der Waals surface area contributed by atoms with E-state index in [-0.39, 0.29) is 0 Å². The minimum atomic E-state index is 0.815. The lowest BCUT2D eigenvalue weighted by Gasteiger charge is -2.31. The molecule has 1 aliphatic heterocycles. The molecule has 2 heterocycles. The smallest absolute Gasteiger partial charge is 0.0456 e. The standard InChI is InChI=1S/C21H24N2/c1-2-6-18(7-3-1)16-23-12-10-17(11-13-23)14-20-15-19-8-4-5-9-21(19)22-20/h1-9,15,17,22H,10-14,16H2. The van der Waals surface area contributed by atoms with Crippen molar-refractivity contribution in [3.05, 3.63) is 71.9 Å². The highest BCUT2D eigenvalue weighted by Gasteiger charge is 2.20. The van der Waals surface area contributed by atoms with Crippen LogP contribution >= 0.6 is 0 Å². The van der Waals surface area contributed by atoms with Gasteiger partial charge in [-0.05, 0) is 61.4 Å². The lowest BCUT2D eigenvalue weighted by molar-refractivity contribution is 0.176. The normalized spacial score (nSPS) is 16.9. The monoisotopic (exact) mass is 304 g/mol. The lowest BCUT2D eigenvalue weighted by atomic mass is 9.92. The van der Waals surface area contributed by atoms with Crippen molar-refractivity contribution in [2.75, 3.05) is 13.1 Å². The van der Waals surface area contributed by atoms with Crippen molar-refractivity contribution < 1.29 is 0 Å². The molecular weight excluding hydrogens is 280 g/mol. The molecule has 2 nitrogen and oxygen atoms in total. The molecule has 1 fully saturated rings. The van der Waals surface area contributed by atoms with Gasteiger partial charge < -0.3 is 4.98 Å². The zero-order valence-corrected chi connectivity index (χ0v) is 13.5. The van der Waals surface area contributed by atoms with Gasteiger partial charge in [0.15, 0.2) is 0 Å². The summed E-state index contributed by atoms with van der Waals surface area (Å²) in [7, 11) is 0. The number of nitrogens with zero attached hydrogens (tertiary/aromatic N) is 1. The molecule has 0 unspecified atom stereocenters. The molecular formula is C21H24N2. The van der Waals surface area contributed by atoms with Crippen LogP contribution in [0, 0.1) is 5.92 Å². The van der Waals surface area contributed by atoms with E-state index in [0.717, 1.165) is 12.5 Å². The van der Waals surface area contributed by atoms with Crippen LogP contribution in [0.25, 0.3) is 10.9 Å². The maximum Gasteiger partial charge on any atom is 0.0456 e. The fraction of sp³-hybridized carbons (Fsp3) is 0.333. The van der Waals surface area contributed by atoms with Crippen LogP contribution in [-0.4, -0.2) is 23.0 Å². The number of nitrogens with one attached hydrogen (secondary N) is 1. The van der Waals surface area contributed by atoms with Gasteiger partial charge in [-0.15, -0.1) is 0 Å². The summed E-state index contributed by atoms with van der Waals surface area (Å²) in [5, 5.41) is 1.34. The molecule has 0 amide bonds. The van der Waals surface area contributed by atoms with Gasteiger partial charge in [0.05, 0.1) is 0 Å². The Balaban J connectivity index is 1.32. The van der Waals surface area contributed by atoms with Crippen molar-refractivity contribution in [3.63, 3.8) is 0 Å². The molecule has 23 heavy (non-hydrogen) atoms. The third kappa shape index (κ3) is 3.48. The fourth-order valence-electron chi connectivity index (χ4n) is 3.74. The van der Waals surface area contributed by atoms with E-state index >= 15 is 0 Å². The van der Waals surface area contributed by atoms with E-state index in [1.165, 1.54) is 54.5 Å². The first-order valence-electron chi connectivity index (χ1n) is 8.70. The Morgan fingerprint density at radius 2 is 1.65 bits per heavy atom. The summed E-state index contributed by atoms with van der Waals surface area (Å²) in [4.78, 5) is 6.17.